The molecule has 6 nitrogen and oxygen atoms in total. The van der Waals surface area contributed by atoms with Gasteiger partial charge in [-0.05, 0) is 50.8 Å². The minimum Gasteiger partial charge on any atom is -0.453 e. The Kier molecular flexibility index (Phi) is 5.32. The van der Waals surface area contributed by atoms with Crippen LogP contribution in [-0.2, 0) is 25.5 Å². The lowest BCUT2D eigenvalue weighted by Crippen LogP contribution is -2.60. The number of nitrogens with one attached hydrogen (secondary N) is 1. The van der Waals surface area contributed by atoms with Gasteiger partial charge in [-0.3, -0.25) is 19.3 Å². The van der Waals surface area contributed by atoms with Crippen molar-refractivity contribution < 1.29 is 19.1 Å². The molecule has 2 amide bonds. The summed E-state index contributed by atoms with van der Waals surface area (Å²) >= 11 is 1.58. The maximum absolute atomic E-state index is 13.1. The summed E-state index contributed by atoms with van der Waals surface area (Å²) in [5, 5.41) is 4.76. The van der Waals surface area contributed by atoms with Crippen LogP contribution in [0.1, 0.15) is 32.1 Å². The summed E-state index contributed by atoms with van der Waals surface area (Å²) < 4.78 is 5.35. The van der Waals surface area contributed by atoms with E-state index in [1.807, 2.05) is 17.5 Å². The highest BCUT2D eigenvalue weighted by Crippen LogP contribution is 2.37. The second-order valence-electron chi connectivity index (χ2n) is 6.92. The molecular formula is C20H22N2O4S. The molecule has 3 rings (SSSR count). The van der Waals surface area contributed by atoms with Crippen molar-refractivity contribution in [2.75, 3.05) is 10.2 Å². The number of anilines is 2. The van der Waals surface area contributed by atoms with E-state index in [1.54, 1.807) is 49.4 Å². The average molecular weight is 386 g/mol. The molecule has 0 aliphatic carbocycles. The standard InChI is InChI=1S/C20H22N2O4S/c1-13(26-17(23)11-10-14-7-6-12-27-14)18(24)22-16-9-5-4-8-15(16)21-19(25)20(22,2)3/h4-9,12-13H,10-11H2,1-3H3,(H,21,25)/t13-/m1/s1. The van der Waals surface area contributed by atoms with E-state index in [2.05, 4.69) is 5.32 Å². The number of carbonyl (C=O) groups excluding carboxylic acids is 3. The Hall–Kier alpha value is -2.67. The summed E-state index contributed by atoms with van der Waals surface area (Å²) in [6.07, 6.45) is -0.199. The lowest BCUT2D eigenvalue weighted by atomic mass is 9.95. The van der Waals surface area contributed by atoms with Crippen LogP contribution in [0.2, 0.25) is 0 Å². The van der Waals surface area contributed by atoms with Crippen LogP contribution in [0.25, 0.3) is 0 Å². The Balaban J connectivity index is 1.73. The first kappa shape index (κ1) is 19.1. The number of carbonyl (C=O) groups is 3. The first-order valence-corrected chi connectivity index (χ1v) is 9.65. The zero-order chi connectivity index (χ0) is 19.6. The minimum absolute atomic E-state index is 0.207. The largest absolute Gasteiger partial charge is 0.453 e. The summed E-state index contributed by atoms with van der Waals surface area (Å²) in [6.45, 7) is 4.87. The van der Waals surface area contributed by atoms with Gasteiger partial charge in [0.1, 0.15) is 5.54 Å². The number of benzene rings is 1. The molecule has 0 unspecified atom stereocenters. The molecule has 0 saturated heterocycles. The molecule has 1 atom stereocenters. The van der Waals surface area contributed by atoms with Crippen LogP contribution >= 0.6 is 11.3 Å². The summed E-state index contributed by atoms with van der Waals surface area (Å²) in [5.74, 6) is -1.14. The Morgan fingerprint density at radius 1 is 1.22 bits per heavy atom. The van der Waals surface area contributed by atoms with Crippen molar-refractivity contribution >= 4 is 40.5 Å². The number of hydrogen-bond acceptors (Lipinski definition) is 5. The number of rotatable bonds is 5. The molecule has 142 valence electrons. The molecule has 7 heteroatoms. The normalized spacial score (nSPS) is 16.3. The van der Waals surface area contributed by atoms with Gasteiger partial charge in [-0.25, -0.2) is 0 Å². The number of esters is 1. The monoisotopic (exact) mass is 386 g/mol. The lowest BCUT2D eigenvalue weighted by Gasteiger charge is -2.42. The van der Waals surface area contributed by atoms with Crippen molar-refractivity contribution in [1.82, 2.24) is 0 Å². The number of hydrogen-bond donors (Lipinski definition) is 1. The van der Waals surface area contributed by atoms with Crippen molar-refractivity contribution in [3.63, 3.8) is 0 Å². The molecule has 1 aromatic heterocycles. The van der Waals surface area contributed by atoms with Gasteiger partial charge in [-0.15, -0.1) is 11.3 Å². The smallest absolute Gasteiger partial charge is 0.306 e. The van der Waals surface area contributed by atoms with Crippen LogP contribution in [0.15, 0.2) is 41.8 Å². The lowest BCUT2D eigenvalue weighted by molar-refractivity contribution is -0.154. The maximum atomic E-state index is 13.1. The first-order chi connectivity index (χ1) is 12.8. The molecule has 0 spiro atoms. The SMILES string of the molecule is C[C@@H](OC(=O)CCc1cccs1)C(=O)N1c2ccccc2NC(=O)C1(C)C. The predicted octanol–water partition coefficient (Wildman–Crippen LogP) is 3.38. The third kappa shape index (κ3) is 3.88. The van der Waals surface area contributed by atoms with Crippen LogP contribution in [0.3, 0.4) is 0 Å². The number of nitrogens with zero attached hydrogens (tertiary/aromatic N) is 1. The molecule has 0 fully saturated rings. The summed E-state index contributed by atoms with van der Waals surface area (Å²) in [6, 6.07) is 11.0. The third-order valence-electron chi connectivity index (χ3n) is 4.54. The van der Waals surface area contributed by atoms with E-state index in [1.165, 1.54) is 11.8 Å². The highest BCUT2D eigenvalue weighted by Gasteiger charge is 2.45. The van der Waals surface area contributed by atoms with E-state index in [9.17, 15) is 14.4 Å². The molecule has 27 heavy (non-hydrogen) atoms. The zero-order valence-corrected chi connectivity index (χ0v) is 16.3. The van der Waals surface area contributed by atoms with Crippen molar-refractivity contribution in [3.8, 4) is 0 Å². The molecule has 0 saturated carbocycles. The van der Waals surface area contributed by atoms with Gasteiger partial charge in [-0.2, -0.15) is 0 Å². The number of para-hydroxylation sites is 2. The molecule has 1 aliphatic rings. The minimum atomic E-state index is -1.09. The molecular weight excluding hydrogens is 364 g/mol. The van der Waals surface area contributed by atoms with Crippen molar-refractivity contribution in [2.24, 2.45) is 0 Å². The highest BCUT2D eigenvalue weighted by atomic mass is 32.1. The number of aryl methyl sites for hydroxylation is 1. The van der Waals surface area contributed by atoms with Gasteiger partial charge in [0.2, 0.25) is 5.91 Å². The molecule has 1 N–H and O–H groups in total. The van der Waals surface area contributed by atoms with E-state index in [-0.39, 0.29) is 12.3 Å². The molecule has 1 aliphatic heterocycles. The summed E-state index contributed by atoms with van der Waals surface area (Å²) in [5.41, 5.74) is 0.0586. The van der Waals surface area contributed by atoms with Gasteiger partial charge in [0.15, 0.2) is 6.10 Å². The van der Waals surface area contributed by atoms with Crippen molar-refractivity contribution in [3.05, 3.63) is 46.7 Å². The fourth-order valence-corrected chi connectivity index (χ4v) is 3.72. The second kappa shape index (κ2) is 7.52. The Morgan fingerprint density at radius 2 is 1.96 bits per heavy atom. The summed E-state index contributed by atoms with van der Waals surface area (Å²) in [4.78, 5) is 40.2. The third-order valence-corrected chi connectivity index (χ3v) is 5.48. The van der Waals surface area contributed by atoms with Gasteiger partial charge in [0.25, 0.3) is 5.91 Å². The topological polar surface area (TPSA) is 75.7 Å². The molecule has 0 radical (unpaired) electrons. The quantitative estimate of drug-likeness (QED) is 0.800. The van der Waals surface area contributed by atoms with Crippen molar-refractivity contribution in [1.29, 1.82) is 0 Å². The fourth-order valence-electron chi connectivity index (χ4n) is 3.01. The van der Waals surface area contributed by atoms with Gasteiger partial charge < -0.3 is 10.1 Å². The second-order valence-corrected chi connectivity index (χ2v) is 7.95. The summed E-state index contributed by atoms with van der Waals surface area (Å²) in [7, 11) is 0. The number of ether oxygens (including phenoxy) is 1. The van der Waals surface area contributed by atoms with E-state index in [0.717, 1.165) is 4.88 Å². The Labute approximate surface area is 162 Å². The van der Waals surface area contributed by atoms with E-state index < -0.39 is 23.5 Å². The molecule has 1 aromatic carbocycles. The Bertz CT molecular complexity index is 861. The maximum Gasteiger partial charge on any atom is 0.306 e. The van der Waals surface area contributed by atoms with E-state index >= 15 is 0 Å². The fraction of sp³-hybridized carbons (Fsp3) is 0.350. The van der Waals surface area contributed by atoms with Crippen LogP contribution in [0.5, 0.6) is 0 Å². The van der Waals surface area contributed by atoms with Gasteiger partial charge in [-0.1, -0.05) is 18.2 Å². The Morgan fingerprint density at radius 3 is 2.67 bits per heavy atom. The van der Waals surface area contributed by atoms with E-state index in [4.69, 9.17) is 4.74 Å². The van der Waals surface area contributed by atoms with Crippen LogP contribution in [0, 0.1) is 0 Å². The van der Waals surface area contributed by atoms with Gasteiger partial charge in [0.05, 0.1) is 17.8 Å². The van der Waals surface area contributed by atoms with Crippen LogP contribution < -0.4 is 10.2 Å². The molecule has 0 bridgehead atoms. The zero-order valence-electron chi connectivity index (χ0n) is 15.5. The first-order valence-electron chi connectivity index (χ1n) is 8.77. The van der Waals surface area contributed by atoms with Crippen LogP contribution in [-0.4, -0.2) is 29.4 Å². The van der Waals surface area contributed by atoms with Crippen molar-refractivity contribution in [2.45, 2.75) is 45.3 Å². The molecule has 2 heterocycles. The number of fused-ring (bicyclic) bond motifs is 1. The van der Waals surface area contributed by atoms with Gasteiger partial charge >= 0.3 is 5.97 Å². The van der Waals surface area contributed by atoms with Crippen LogP contribution in [0.4, 0.5) is 11.4 Å². The molecule has 2 aromatic rings. The average Bonchev–Trinajstić information content (AvgIpc) is 3.14. The van der Waals surface area contributed by atoms with Gasteiger partial charge in [0, 0.05) is 4.88 Å². The number of amides is 2. The number of thiophene rings is 1. The van der Waals surface area contributed by atoms with E-state index in [0.29, 0.717) is 17.8 Å². The predicted molar refractivity (Wildman–Crippen MR) is 105 cm³/mol. The highest BCUT2D eigenvalue weighted by molar-refractivity contribution is 7.09.